The number of rotatable bonds is 0. The number of aliphatic hydroxyl groups is 1. The largest absolute Gasteiger partial charge is 0.545 e. The molecule has 2 unspecified atom stereocenters. The number of aromatic hydroxyl groups is 1. The Bertz CT molecular complexity index is 1090. The number of alkyl halides is 1. The van der Waals surface area contributed by atoms with Crippen molar-refractivity contribution in [2.24, 2.45) is 0 Å². The number of hydrogen-bond donors (Lipinski definition) is 2. The van der Waals surface area contributed by atoms with Gasteiger partial charge in [-0.15, -0.1) is 17.2 Å². The van der Waals surface area contributed by atoms with Crippen molar-refractivity contribution in [3.8, 4) is 11.5 Å². The third-order valence-corrected chi connectivity index (χ3v) is 5.59. The maximum Gasteiger partial charge on any atom is 0.340 e. The number of benzene rings is 2. The fourth-order valence-corrected chi connectivity index (χ4v) is 4.12. The summed E-state index contributed by atoms with van der Waals surface area (Å²) in [7, 11) is 0. The van der Waals surface area contributed by atoms with Gasteiger partial charge >= 0.3 is 5.97 Å². The predicted octanol–water partition coefficient (Wildman–Crippen LogP) is 4.37. The second kappa shape index (κ2) is 6.45. The van der Waals surface area contributed by atoms with Crippen LogP contribution in [0.4, 0.5) is 0 Å². The van der Waals surface area contributed by atoms with E-state index in [0.717, 1.165) is 0 Å². The molecule has 0 bridgehead atoms. The first-order valence-electron chi connectivity index (χ1n) is 8.10. The molecule has 1 aliphatic carbocycles. The number of phenolic OH excluding ortho intramolecular Hbond substituents is 1. The molecular formula is C20H11Cl2O5Rh-. The summed E-state index contributed by atoms with van der Waals surface area (Å²) in [6.45, 7) is 0. The van der Waals surface area contributed by atoms with Crippen LogP contribution in [0.3, 0.4) is 0 Å². The molecule has 3 aliphatic rings. The van der Waals surface area contributed by atoms with Crippen LogP contribution < -0.4 is 4.74 Å². The number of hydrogen-bond acceptors (Lipinski definition) is 5. The number of ether oxygens (including phenoxy) is 2. The zero-order valence-corrected chi connectivity index (χ0v) is 17.1. The Balaban J connectivity index is 0.00000192. The standard InChI is InChI=1S/C20H11Cl2O5.Rh/c21-13-5-11-17(7-15(13)23)26-18-8-16(24)14(22)6-12(18)20(11)10-4-2-1-3-9(10)19(25)27-20;/h1-8,13,23-24H;/q-1;. The van der Waals surface area contributed by atoms with Crippen molar-refractivity contribution in [2.45, 2.75) is 11.0 Å². The maximum atomic E-state index is 12.6. The van der Waals surface area contributed by atoms with Crippen molar-refractivity contribution in [2.75, 3.05) is 0 Å². The van der Waals surface area contributed by atoms with Gasteiger partial charge in [0.25, 0.3) is 0 Å². The van der Waals surface area contributed by atoms with Crippen LogP contribution in [0.25, 0.3) is 0 Å². The normalized spacial score (nSPS) is 24.1. The molecule has 2 aliphatic heterocycles. The maximum absolute atomic E-state index is 12.6. The third kappa shape index (κ3) is 2.42. The minimum absolute atomic E-state index is 0. The number of aliphatic hydroxyl groups excluding tert-OH is 1. The Kier molecular flexibility index (Phi) is 4.42. The zero-order valence-electron chi connectivity index (χ0n) is 13.9. The van der Waals surface area contributed by atoms with Crippen molar-refractivity contribution in [1.82, 2.24) is 0 Å². The van der Waals surface area contributed by atoms with Gasteiger partial charge in [0.2, 0.25) is 0 Å². The first kappa shape index (κ1) is 19.2. The van der Waals surface area contributed by atoms with E-state index in [9.17, 15) is 15.0 Å². The van der Waals surface area contributed by atoms with Crippen LogP contribution in [0.2, 0.25) is 5.02 Å². The Morgan fingerprint density at radius 3 is 2.68 bits per heavy atom. The molecule has 0 amide bonds. The van der Waals surface area contributed by atoms with E-state index in [1.54, 1.807) is 30.7 Å². The summed E-state index contributed by atoms with van der Waals surface area (Å²) in [6.07, 6.45) is 2.98. The van der Waals surface area contributed by atoms with Gasteiger partial charge in [0, 0.05) is 42.0 Å². The second-order valence-electron chi connectivity index (χ2n) is 6.43. The summed E-state index contributed by atoms with van der Waals surface area (Å²) in [5.41, 5.74) is 0.659. The second-order valence-corrected chi connectivity index (χ2v) is 7.31. The molecule has 28 heavy (non-hydrogen) atoms. The van der Waals surface area contributed by atoms with Crippen molar-refractivity contribution >= 4 is 29.2 Å². The summed E-state index contributed by atoms with van der Waals surface area (Å²) in [5.74, 6) is -0.207. The summed E-state index contributed by atoms with van der Waals surface area (Å²) in [6, 6.07) is 9.89. The van der Waals surface area contributed by atoms with Crippen LogP contribution in [0, 0.1) is 6.42 Å². The Morgan fingerprint density at radius 1 is 1.14 bits per heavy atom. The molecule has 145 valence electrons. The van der Waals surface area contributed by atoms with Crippen LogP contribution >= 0.6 is 23.2 Å². The molecule has 2 heterocycles. The van der Waals surface area contributed by atoms with Gasteiger partial charge in [0.05, 0.1) is 16.3 Å². The van der Waals surface area contributed by atoms with Crippen LogP contribution in [0.5, 0.6) is 11.5 Å². The summed E-state index contributed by atoms with van der Waals surface area (Å²) >= 11 is 12.4. The third-order valence-electron chi connectivity index (χ3n) is 4.94. The minimum atomic E-state index is -1.34. The average Bonchev–Trinajstić information content (AvgIpc) is 2.93. The summed E-state index contributed by atoms with van der Waals surface area (Å²) in [4.78, 5) is 12.6. The van der Waals surface area contributed by atoms with Crippen molar-refractivity contribution in [3.05, 3.63) is 87.7 Å². The zero-order chi connectivity index (χ0) is 18.9. The van der Waals surface area contributed by atoms with Crippen LogP contribution in [0.1, 0.15) is 21.5 Å². The molecule has 1 radical (unpaired) electrons. The summed E-state index contributed by atoms with van der Waals surface area (Å²) < 4.78 is 11.8. The smallest absolute Gasteiger partial charge is 0.340 e. The van der Waals surface area contributed by atoms with Crippen LogP contribution in [-0.2, 0) is 29.8 Å². The van der Waals surface area contributed by atoms with Gasteiger partial charge in [0.15, 0.2) is 5.60 Å². The fourth-order valence-electron chi connectivity index (χ4n) is 3.76. The Morgan fingerprint density at radius 2 is 1.89 bits per heavy atom. The number of esters is 1. The fraction of sp³-hybridized carbons (Fsp3) is 0.100. The first-order valence-corrected chi connectivity index (χ1v) is 8.91. The number of phenols is 1. The van der Waals surface area contributed by atoms with E-state index in [0.29, 0.717) is 22.3 Å². The van der Waals surface area contributed by atoms with E-state index in [2.05, 4.69) is 0 Å². The molecule has 2 aromatic rings. The number of fused-ring (bicyclic) bond motifs is 5. The van der Waals surface area contributed by atoms with E-state index in [-0.39, 0.29) is 47.5 Å². The summed E-state index contributed by atoms with van der Waals surface area (Å²) in [5, 5.41) is 19.4. The van der Waals surface area contributed by atoms with Gasteiger partial charge in [-0.05, 0) is 17.9 Å². The van der Waals surface area contributed by atoms with Gasteiger partial charge in [-0.1, -0.05) is 35.9 Å². The molecule has 2 N–H and O–H groups in total. The van der Waals surface area contributed by atoms with E-state index in [1.165, 1.54) is 18.2 Å². The molecular weight excluding hydrogens is 494 g/mol. The number of allylic oxidation sites excluding steroid dienone is 2. The van der Waals surface area contributed by atoms with Gasteiger partial charge < -0.3 is 19.7 Å². The molecule has 0 saturated heterocycles. The Labute approximate surface area is 182 Å². The molecule has 2 atom stereocenters. The van der Waals surface area contributed by atoms with Crippen molar-refractivity contribution in [1.29, 1.82) is 0 Å². The van der Waals surface area contributed by atoms with E-state index >= 15 is 0 Å². The molecule has 5 rings (SSSR count). The quantitative estimate of drug-likeness (QED) is 0.241. The molecule has 5 nitrogen and oxygen atoms in total. The average molecular weight is 505 g/mol. The van der Waals surface area contributed by atoms with Crippen LogP contribution in [0.15, 0.2) is 59.6 Å². The predicted molar refractivity (Wildman–Crippen MR) is 98.1 cm³/mol. The van der Waals surface area contributed by atoms with Crippen molar-refractivity contribution in [3.63, 3.8) is 0 Å². The first-order chi connectivity index (χ1) is 12.9. The molecule has 0 aromatic heterocycles. The van der Waals surface area contributed by atoms with E-state index in [1.807, 2.05) is 0 Å². The monoisotopic (exact) mass is 504 g/mol. The number of carbonyl (C=O) groups is 1. The Hall–Kier alpha value is -2.14. The van der Waals surface area contributed by atoms with Gasteiger partial charge in [0.1, 0.15) is 11.5 Å². The molecule has 0 fully saturated rings. The van der Waals surface area contributed by atoms with Gasteiger partial charge in [-0.3, -0.25) is 0 Å². The van der Waals surface area contributed by atoms with Gasteiger partial charge in [-0.25, -0.2) is 4.79 Å². The SMILES string of the molecule is O=C1OC2(C3=C(C=C(O)C(Cl)[CH-]3)Oc3cc(O)c(Cl)cc32)c2ccccc21.[Rh]. The van der Waals surface area contributed by atoms with Crippen LogP contribution in [-0.4, -0.2) is 21.6 Å². The van der Waals surface area contributed by atoms with E-state index < -0.39 is 16.9 Å². The van der Waals surface area contributed by atoms with E-state index in [4.69, 9.17) is 32.7 Å². The number of carbonyl (C=O) groups excluding carboxylic acids is 1. The van der Waals surface area contributed by atoms with Crippen molar-refractivity contribution < 1.29 is 44.0 Å². The number of halogens is 2. The molecule has 2 aromatic carbocycles. The molecule has 1 spiro atoms. The topological polar surface area (TPSA) is 76.0 Å². The minimum Gasteiger partial charge on any atom is -0.545 e. The molecule has 8 heteroatoms. The van der Waals surface area contributed by atoms with Gasteiger partial charge in [-0.2, -0.15) is 6.42 Å². The molecule has 0 saturated carbocycles.